The Morgan fingerprint density at radius 2 is 2.10 bits per heavy atom. The molecular formula is C13H15ClFNO3S. The Morgan fingerprint density at radius 1 is 1.50 bits per heavy atom. The fraction of sp³-hybridized carbons (Fsp3) is 0.462. The molecule has 7 heteroatoms. The Hall–Kier alpha value is -1.14. The molecule has 1 aliphatic rings. The molecule has 110 valence electrons. The van der Waals surface area contributed by atoms with Crippen molar-refractivity contribution in [2.75, 3.05) is 13.6 Å². The van der Waals surface area contributed by atoms with E-state index >= 15 is 0 Å². The lowest BCUT2D eigenvalue weighted by atomic mass is 10.2. The molecule has 2 unspecified atom stereocenters. The number of halogens is 2. The van der Waals surface area contributed by atoms with Gasteiger partial charge in [-0.15, -0.1) is 0 Å². The summed E-state index contributed by atoms with van der Waals surface area (Å²) in [7, 11) is 2.80. The normalized spacial score (nSPS) is 21.6. The zero-order valence-corrected chi connectivity index (χ0v) is 12.7. The van der Waals surface area contributed by atoms with Gasteiger partial charge in [-0.3, -0.25) is 4.79 Å². The molecule has 2 atom stereocenters. The number of hydrogen-bond acceptors (Lipinski definition) is 3. The monoisotopic (exact) mass is 319 g/mol. The highest BCUT2D eigenvalue weighted by molar-refractivity contribution is 8.13. The molecule has 1 aromatic carbocycles. The van der Waals surface area contributed by atoms with Crippen molar-refractivity contribution in [1.82, 2.24) is 4.90 Å². The van der Waals surface area contributed by atoms with Crippen molar-refractivity contribution in [1.29, 1.82) is 0 Å². The van der Waals surface area contributed by atoms with Gasteiger partial charge < -0.3 is 4.90 Å². The molecule has 0 saturated heterocycles. The van der Waals surface area contributed by atoms with Crippen molar-refractivity contribution >= 4 is 25.6 Å². The third kappa shape index (κ3) is 3.30. The van der Waals surface area contributed by atoms with Crippen LogP contribution in [0.3, 0.4) is 0 Å². The number of amides is 1. The van der Waals surface area contributed by atoms with E-state index in [1.807, 2.05) is 0 Å². The number of benzene rings is 1. The summed E-state index contributed by atoms with van der Waals surface area (Å²) in [6, 6.07) is 2.96. The summed E-state index contributed by atoms with van der Waals surface area (Å²) in [6.07, 6.45) is 1.05. The molecule has 0 bridgehead atoms. The maximum Gasteiger partial charge on any atom is 0.261 e. The quantitative estimate of drug-likeness (QED) is 0.801. The molecule has 1 saturated carbocycles. The Balaban J connectivity index is 2.24. The second-order valence-corrected chi connectivity index (χ2v) is 7.80. The fourth-order valence-electron chi connectivity index (χ4n) is 2.11. The predicted molar refractivity (Wildman–Crippen MR) is 73.7 cm³/mol. The molecule has 0 aromatic heterocycles. The highest BCUT2D eigenvalue weighted by Gasteiger charge is 2.34. The highest BCUT2D eigenvalue weighted by atomic mass is 35.7. The van der Waals surface area contributed by atoms with Gasteiger partial charge in [-0.25, -0.2) is 12.8 Å². The van der Waals surface area contributed by atoms with E-state index in [4.69, 9.17) is 10.7 Å². The maximum atomic E-state index is 13.7. The van der Waals surface area contributed by atoms with Gasteiger partial charge in [0.25, 0.3) is 15.0 Å². The second kappa shape index (κ2) is 5.33. The Bertz CT molecular complexity index is 647. The molecule has 2 rings (SSSR count). The molecule has 1 aromatic rings. The first-order valence-corrected chi connectivity index (χ1v) is 8.50. The van der Waals surface area contributed by atoms with Crippen molar-refractivity contribution in [3.63, 3.8) is 0 Å². The molecule has 4 nitrogen and oxygen atoms in total. The number of nitrogens with zero attached hydrogens (tertiary/aromatic N) is 1. The summed E-state index contributed by atoms with van der Waals surface area (Å²) in [6.45, 7) is 2.63. The fourth-order valence-corrected chi connectivity index (χ4v) is 2.89. The lowest BCUT2D eigenvalue weighted by Crippen LogP contribution is -2.29. The Kier molecular flexibility index (Phi) is 4.07. The van der Waals surface area contributed by atoms with Gasteiger partial charge in [-0.1, -0.05) is 6.92 Å². The standard InChI is InChI=1S/C13H15ClFNO3S/c1-8-5-9(8)7-16(2)13(17)11-6-10(20(14,18)19)3-4-12(11)15/h3-4,6,8-9H,5,7H2,1-2H3. The van der Waals surface area contributed by atoms with Gasteiger partial charge in [0.15, 0.2) is 0 Å². The third-order valence-corrected chi connectivity index (χ3v) is 4.93. The summed E-state index contributed by atoms with van der Waals surface area (Å²) in [4.78, 5) is 13.3. The molecule has 0 N–H and O–H groups in total. The van der Waals surface area contributed by atoms with Gasteiger partial charge in [0.2, 0.25) is 0 Å². The van der Waals surface area contributed by atoms with Crippen LogP contribution >= 0.6 is 10.7 Å². The van der Waals surface area contributed by atoms with E-state index in [-0.39, 0.29) is 10.5 Å². The predicted octanol–water partition coefficient (Wildman–Crippen LogP) is 2.48. The molecule has 20 heavy (non-hydrogen) atoms. The van der Waals surface area contributed by atoms with Crippen molar-refractivity contribution in [2.45, 2.75) is 18.2 Å². The van der Waals surface area contributed by atoms with Crippen LogP contribution in [0.1, 0.15) is 23.7 Å². The molecule has 0 spiro atoms. The minimum atomic E-state index is -3.99. The first kappa shape index (κ1) is 15.3. The average molecular weight is 320 g/mol. The van der Waals surface area contributed by atoms with E-state index in [1.54, 1.807) is 7.05 Å². The topological polar surface area (TPSA) is 54.5 Å². The van der Waals surface area contributed by atoms with E-state index < -0.39 is 20.8 Å². The van der Waals surface area contributed by atoms with Crippen LogP contribution in [-0.4, -0.2) is 32.8 Å². The van der Waals surface area contributed by atoms with E-state index in [2.05, 4.69) is 6.92 Å². The van der Waals surface area contributed by atoms with Crippen LogP contribution in [0, 0.1) is 17.7 Å². The highest BCUT2D eigenvalue weighted by Crippen LogP contribution is 2.38. The molecule has 0 aliphatic heterocycles. The average Bonchev–Trinajstić information content (AvgIpc) is 3.03. The number of carbonyl (C=O) groups is 1. The van der Waals surface area contributed by atoms with Gasteiger partial charge in [0.1, 0.15) is 5.82 Å². The Labute approximate surface area is 121 Å². The number of carbonyl (C=O) groups excluding carboxylic acids is 1. The molecule has 1 fully saturated rings. The first-order chi connectivity index (χ1) is 9.20. The molecule has 0 radical (unpaired) electrons. The zero-order chi connectivity index (χ0) is 15.1. The zero-order valence-electron chi connectivity index (χ0n) is 11.1. The van der Waals surface area contributed by atoms with Crippen LogP contribution in [0.4, 0.5) is 4.39 Å². The van der Waals surface area contributed by atoms with Gasteiger partial charge in [-0.05, 0) is 36.5 Å². The van der Waals surface area contributed by atoms with Gasteiger partial charge in [0, 0.05) is 24.3 Å². The summed E-state index contributed by atoms with van der Waals surface area (Å²) in [5, 5.41) is 0. The number of rotatable bonds is 4. The minimum Gasteiger partial charge on any atom is -0.341 e. The van der Waals surface area contributed by atoms with E-state index in [0.717, 1.165) is 24.6 Å². The van der Waals surface area contributed by atoms with Crippen LogP contribution < -0.4 is 0 Å². The molecule has 1 amide bonds. The van der Waals surface area contributed by atoms with Crippen LogP contribution in [0.5, 0.6) is 0 Å². The van der Waals surface area contributed by atoms with Crippen molar-refractivity contribution < 1.29 is 17.6 Å². The van der Waals surface area contributed by atoms with Crippen molar-refractivity contribution in [3.8, 4) is 0 Å². The Morgan fingerprint density at radius 3 is 2.60 bits per heavy atom. The summed E-state index contributed by atoms with van der Waals surface area (Å²) in [5.41, 5.74) is -0.275. The van der Waals surface area contributed by atoms with Crippen LogP contribution in [0.15, 0.2) is 23.1 Å². The maximum absolute atomic E-state index is 13.7. The number of hydrogen-bond donors (Lipinski definition) is 0. The molecule has 1 aliphatic carbocycles. The lowest BCUT2D eigenvalue weighted by molar-refractivity contribution is 0.0782. The van der Waals surface area contributed by atoms with Crippen molar-refractivity contribution in [2.24, 2.45) is 11.8 Å². The summed E-state index contributed by atoms with van der Waals surface area (Å²) < 4.78 is 36.2. The lowest BCUT2D eigenvalue weighted by Gasteiger charge is -2.17. The summed E-state index contributed by atoms with van der Waals surface area (Å²) in [5.74, 6) is -0.282. The van der Waals surface area contributed by atoms with Crippen LogP contribution in [0.25, 0.3) is 0 Å². The van der Waals surface area contributed by atoms with Gasteiger partial charge >= 0.3 is 0 Å². The van der Waals surface area contributed by atoms with Crippen LogP contribution in [0.2, 0.25) is 0 Å². The van der Waals surface area contributed by atoms with E-state index in [9.17, 15) is 17.6 Å². The minimum absolute atomic E-state index is 0.275. The van der Waals surface area contributed by atoms with Crippen LogP contribution in [-0.2, 0) is 9.05 Å². The first-order valence-electron chi connectivity index (χ1n) is 6.20. The largest absolute Gasteiger partial charge is 0.341 e. The molecule has 0 heterocycles. The second-order valence-electron chi connectivity index (χ2n) is 5.24. The van der Waals surface area contributed by atoms with Gasteiger partial charge in [-0.2, -0.15) is 0 Å². The van der Waals surface area contributed by atoms with E-state index in [1.165, 1.54) is 4.90 Å². The van der Waals surface area contributed by atoms with Gasteiger partial charge in [0.05, 0.1) is 10.5 Å². The molecular weight excluding hydrogens is 305 g/mol. The smallest absolute Gasteiger partial charge is 0.261 e. The van der Waals surface area contributed by atoms with Crippen molar-refractivity contribution in [3.05, 3.63) is 29.6 Å². The third-order valence-electron chi connectivity index (χ3n) is 3.58. The van der Waals surface area contributed by atoms with E-state index in [0.29, 0.717) is 18.4 Å². The summed E-state index contributed by atoms with van der Waals surface area (Å²) >= 11 is 0. The SMILES string of the molecule is CC1CC1CN(C)C(=O)c1cc(S(=O)(=O)Cl)ccc1F.